The highest BCUT2D eigenvalue weighted by Crippen LogP contribution is 2.15. The minimum atomic E-state index is -0.376. The quantitative estimate of drug-likeness (QED) is 0.620. The molecule has 132 valence electrons. The monoisotopic (exact) mass is 433 g/mol. The summed E-state index contributed by atoms with van der Waals surface area (Å²) in [6.07, 6.45) is 3.10. The molecule has 1 heterocycles. The van der Waals surface area contributed by atoms with Gasteiger partial charge in [0.05, 0.1) is 5.75 Å². The predicted octanol–water partition coefficient (Wildman–Crippen LogP) is 3.86. The van der Waals surface area contributed by atoms with Crippen molar-refractivity contribution in [2.75, 3.05) is 11.1 Å². The Morgan fingerprint density at radius 1 is 1.15 bits per heavy atom. The molecule has 26 heavy (non-hydrogen) atoms. The van der Waals surface area contributed by atoms with E-state index in [1.165, 1.54) is 35.0 Å². The second kappa shape index (κ2) is 8.29. The molecule has 0 aliphatic carbocycles. The summed E-state index contributed by atoms with van der Waals surface area (Å²) in [6, 6.07) is 12.8. The summed E-state index contributed by atoms with van der Waals surface area (Å²) in [5.74, 6) is -0.662. The first-order valence-corrected chi connectivity index (χ1v) is 9.32. The molecule has 5 nitrogen and oxygen atoms in total. The van der Waals surface area contributed by atoms with E-state index >= 15 is 0 Å². The number of hydrogen-bond acceptors (Lipinski definition) is 4. The van der Waals surface area contributed by atoms with Crippen LogP contribution >= 0.6 is 27.7 Å². The van der Waals surface area contributed by atoms with Gasteiger partial charge in [-0.05, 0) is 48.5 Å². The van der Waals surface area contributed by atoms with E-state index in [1.54, 1.807) is 18.3 Å². The molecule has 2 aromatic carbocycles. The van der Waals surface area contributed by atoms with E-state index in [1.807, 2.05) is 12.1 Å². The Kier molecular flexibility index (Phi) is 5.85. The zero-order chi connectivity index (χ0) is 18.5. The maximum absolute atomic E-state index is 12.9. The van der Waals surface area contributed by atoms with Crippen molar-refractivity contribution in [2.45, 2.75) is 5.03 Å². The number of nitrogens with zero attached hydrogens (tertiary/aromatic N) is 2. The molecule has 0 atom stereocenters. The smallest absolute Gasteiger partial charge is 0.287 e. The van der Waals surface area contributed by atoms with E-state index in [0.717, 1.165) is 16.2 Å². The number of nitrogens with one attached hydrogen (secondary N) is 1. The molecule has 0 spiro atoms. The molecule has 1 amide bonds. The summed E-state index contributed by atoms with van der Waals surface area (Å²) in [4.78, 5) is 28.6. The summed E-state index contributed by atoms with van der Waals surface area (Å²) in [5.41, 5.74) is 0.901. The average Bonchev–Trinajstić information content (AvgIpc) is 2.64. The van der Waals surface area contributed by atoms with Crippen LogP contribution in [-0.4, -0.2) is 21.2 Å². The maximum atomic E-state index is 12.9. The van der Waals surface area contributed by atoms with Crippen molar-refractivity contribution in [1.29, 1.82) is 0 Å². The molecule has 0 unspecified atom stereocenters. The van der Waals surface area contributed by atoms with E-state index in [-0.39, 0.29) is 28.1 Å². The van der Waals surface area contributed by atoms with Gasteiger partial charge in [-0.25, -0.2) is 9.37 Å². The highest BCUT2D eigenvalue weighted by Gasteiger charge is 2.10. The summed E-state index contributed by atoms with van der Waals surface area (Å²) >= 11 is 4.40. The van der Waals surface area contributed by atoms with Crippen LogP contribution in [0.1, 0.15) is 0 Å². The largest absolute Gasteiger partial charge is 0.325 e. The van der Waals surface area contributed by atoms with Gasteiger partial charge in [0.25, 0.3) is 5.56 Å². The van der Waals surface area contributed by atoms with Gasteiger partial charge in [0.15, 0.2) is 5.03 Å². The van der Waals surface area contributed by atoms with Crippen molar-refractivity contribution in [3.63, 3.8) is 0 Å². The van der Waals surface area contributed by atoms with Crippen molar-refractivity contribution >= 4 is 39.3 Å². The van der Waals surface area contributed by atoms with Gasteiger partial charge in [0.1, 0.15) is 5.82 Å². The molecular formula is C18H13BrFN3O2S. The molecular weight excluding hydrogens is 421 g/mol. The number of benzene rings is 2. The fourth-order valence-corrected chi connectivity index (χ4v) is 3.12. The summed E-state index contributed by atoms with van der Waals surface area (Å²) in [6.45, 7) is 0. The van der Waals surface area contributed by atoms with Gasteiger partial charge in [-0.15, -0.1) is 0 Å². The number of carbonyl (C=O) groups is 1. The van der Waals surface area contributed by atoms with E-state index in [2.05, 4.69) is 26.2 Å². The average molecular weight is 434 g/mol. The Morgan fingerprint density at radius 2 is 1.85 bits per heavy atom. The SMILES string of the molecule is O=C(CSc1nccn(-c2ccc(Br)cc2)c1=O)Nc1ccc(F)cc1. The van der Waals surface area contributed by atoms with Gasteiger partial charge in [-0.1, -0.05) is 27.7 Å². The lowest BCUT2D eigenvalue weighted by atomic mass is 10.3. The molecule has 3 rings (SSSR count). The van der Waals surface area contributed by atoms with Crippen LogP contribution in [0.2, 0.25) is 0 Å². The van der Waals surface area contributed by atoms with Crippen molar-refractivity contribution in [3.05, 3.63) is 81.6 Å². The molecule has 0 radical (unpaired) electrons. The Hall–Kier alpha value is -2.45. The number of halogens is 2. The number of aromatic nitrogens is 2. The van der Waals surface area contributed by atoms with Gasteiger partial charge < -0.3 is 5.32 Å². The maximum Gasteiger partial charge on any atom is 0.287 e. The Labute approximate surface area is 161 Å². The Morgan fingerprint density at radius 3 is 2.54 bits per heavy atom. The Bertz CT molecular complexity index is 975. The minimum Gasteiger partial charge on any atom is -0.325 e. The van der Waals surface area contributed by atoms with Gasteiger partial charge in [-0.2, -0.15) is 0 Å². The lowest BCUT2D eigenvalue weighted by Crippen LogP contribution is -2.22. The van der Waals surface area contributed by atoms with E-state index < -0.39 is 0 Å². The van der Waals surface area contributed by atoms with Crippen LogP contribution in [0, 0.1) is 5.82 Å². The van der Waals surface area contributed by atoms with Crippen LogP contribution in [0.25, 0.3) is 5.69 Å². The molecule has 0 bridgehead atoms. The number of hydrogen-bond donors (Lipinski definition) is 1. The zero-order valence-electron chi connectivity index (χ0n) is 13.4. The lowest BCUT2D eigenvalue weighted by molar-refractivity contribution is -0.113. The second-order valence-electron chi connectivity index (χ2n) is 5.23. The van der Waals surface area contributed by atoms with Crippen LogP contribution in [0.15, 0.2) is 75.2 Å². The minimum absolute atomic E-state index is 0.0178. The third-order valence-corrected chi connectivity index (χ3v) is 4.87. The third kappa shape index (κ3) is 4.59. The standard InChI is InChI=1S/C18H13BrFN3O2S/c19-12-1-7-15(8-2-12)23-10-9-21-17(18(23)25)26-11-16(24)22-14-5-3-13(20)4-6-14/h1-10H,11H2,(H,22,24). The van der Waals surface area contributed by atoms with Crippen molar-refractivity contribution in [3.8, 4) is 5.69 Å². The first-order chi connectivity index (χ1) is 12.5. The number of thioether (sulfide) groups is 1. The van der Waals surface area contributed by atoms with Gasteiger partial charge in [0.2, 0.25) is 5.91 Å². The zero-order valence-corrected chi connectivity index (χ0v) is 15.8. The molecule has 8 heteroatoms. The Balaban J connectivity index is 1.69. The molecule has 1 N–H and O–H groups in total. The number of rotatable bonds is 5. The third-order valence-electron chi connectivity index (χ3n) is 3.38. The second-order valence-corrected chi connectivity index (χ2v) is 7.11. The fraction of sp³-hybridized carbons (Fsp3) is 0.0556. The highest BCUT2D eigenvalue weighted by molar-refractivity contribution is 9.10. The van der Waals surface area contributed by atoms with Crippen LogP contribution in [0.4, 0.5) is 10.1 Å². The molecule has 0 aliphatic rings. The van der Waals surface area contributed by atoms with E-state index in [0.29, 0.717) is 11.4 Å². The normalized spacial score (nSPS) is 10.5. The number of anilines is 1. The van der Waals surface area contributed by atoms with Gasteiger partial charge >= 0.3 is 0 Å². The van der Waals surface area contributed by atoms with Crippen molar-refractivity contribution in [2.24, 2.45) is 0 Å². The molecule has 0 aliphatic heterocycles. The number of carbonyl (C=O) groups excluding carboxylic acids is 1. The molecule has 0 fully saturated rings. The van der Waals surface area contributed by atoms with Crippen LogP contribution in [0.5, 0.6) is 0 Å². The summed E-state index contributed by atoms with van der Waals surface area (Å²) in [7, 11) is 0. The first kappa shape index (κ1) is 18.3. The van der Waals surface area contributed by atoms with Crippen LogP contribution < -0.4 is 10.9 Å². The molecule has 0 saturated carbocycles. The first-order valence-electron chi connectivity index (χ1n) is 7.55. The van der Waals surface area contributed by atoms with Gasteiger partial charge in [-0.3, -0.25) is 14.2 Å². The predicted molar refractivity (Wildman–Crippen MR) is 103 cm³/mol. The molecule has 1 aromatic heterocycles. The highest BCUT2D eigenvalue weighted by atomic mass is 79.9. The molecule has 3 aromatic rings. The van der Waals surface area contributed by atoms with Crippen LogP contribution in [-0.2, 0) is 4.79 Å². The lowest BCUT2D eigenvalue weighted by Gasteiger charge is -2.08. The van der Waals surface area contributed by atoms with E-state index in [4.69, 9.17) is 0 Å². The topological polar surface area (TPSA) is 64.0 Å². The molecule has 0 saturated heterocycles. The van der Waals surface area contributed by atoms with Crippen molar-refractivity contribution < 1.29 is 9.18 Å². The summed E-state index contributed by atoms with van der Waals surface area (Å²) < 4.78 is 15.3. The van der Waals surface area contributed by atoms with Gasteiger partial charge in [0, 0.05) is 28.2 Å². The number of amides is 1. The van der Waals surface area contributed by atoms with Crippen LogP contribution in [0.3, 0.4) is 0 Å². The fourth-order valence-electron chi connectivity index (χ4n) is 2.16. The van der Waals surface area contributed by atoms with E-state index in [9.17, 15) is 14.0 Å². The summed E-state index contributed by atoms with van der Waals surface area (Å²) in [5, 5.41) is 2.87. The van der Waals surface area contributed by atoms with Crippen molar-refractivity contribution in [1.82, 2.24) is 9.55 Å².